The van der Waals surface area contributed by atoms with E-state index in [1.54, 1.807) is 0 Å². The molecule has 1 aliphatic carbocycles. The molecule has 2 heteroatoms. The summed E-state index contributed by atoms with van der Waals surface area (Å²) in [5.41, 5.74) is 6.70. The second-order valence-electron chi connectivity index (χ2n) is 6.36. The predicted octanol–water partition coefficient (Wildman–Crippen LogP) is 4.30. The van der Waals surface area contributed by atoms with Crippen LogP contribution in [0.2, 0.25) is 0 Å². The number of hydrogen-bond donors (Lipinski definition) is 1. The molecule has 1 aromatic carbocycles. The number of rotatable bonds is 3. The molecule has 0 unspecified atom stereocenters. The van der Waals surface area contributed by atoms with E-state index in [4.69, 9.17) is 4.98 Å². The summed E-state index contributed by atoms with van der Waals surface area (Å²) >= 11 is 0. The van der Waals surface area contributed by atoms with Gasteiger partial charge in [-0.05, 0) is 23.5 Å². The second-order valence-corrected chi connectivity index (χ2v) is 6.36. The van der Waals surface area contributed by atoms with E-state index in [0.717, 1.165) is 18.7 Å². The van der Waals surface area contributed by atoms with Crippen molar-refractivity contribution in [2.45, 2.75) is 46.5 Å². The van der Waals surface area contributed by atoms with Crippen LogP contribution >= 0.6 is 0 Å². The second kappa shape index (κ2) is 4.52. The number of nitrogens with one attached hydrogen (secondary N) is 1. The number of aromatic amines is 1. The Hall–Kier alpha value is -1.57. The molecule has 19 heavy (non-hydrogen) atoms. The van der Waals surface area contributed by atoms with E-state index in [0.29, 0.717) is 11.8 Å². The van der Waals surface area contributed by atoms with Crippen molar-refractivity contribution < 1.29 is 0 Å². The summed E-state index contributed by atoms with van der Waals surface area (Å²) in [6.45, 7) is 8.90. The number of aromatic nitrogens is 2. The first-order valence-corrected chi connectivity index (χ1v) is 7.25. The largest absolute Gasteiger partial charge is 0.342 e. The highest BCUT2D eigenvalue weighted by atomic mass is 14.9. The Morgan fingerprint density at radius 1 is 1.21 bits per heavy atom. The Morgan fingerprint density at radius 2 is 2.00 bits per heavy atom. The van der Waals surface area contributed by atoms with Crippen LogP contribution in [0.3, 0.4) is 0 Å². The normalized spacial score (nSPS) is 13.2. The quantitative estimate of drug-likeness (QED) is 0.741. The van der Waals surface area contributed by atoms with Crippen LogP contribution in [-0.2, 0) is 12.8 Å². The van der Waals surface area contributed by atoms with E-state index < -0.39 is 0 Å². The molecule has 1 aliphatic rings. The molecule has 0 bridgehead atoms. The molecule has 1 N–H and O–H groups in total. The number of fused-ring (bicyclic) bond motifs is 3. The Bertz CT molecular complexity index is 606. The maximum atomic E-state index is 4.74. The smallest absolute Gasteiger partial charge is 0.109 e. The first-order valence-electron chi connectivity index (χ1n) is 7.25. The molecule has 2 nitrogen and oxygen atoms in total. The van der Waals surface area contributed by atoms with Gasteiger partial charge in [0.15, 0.2) is 0 Å². The fourth-order valence-corrected chi connectivity index (χ4v) is 2.87. The van der Waals surface area contributed by atoms with Gasteiger partial charge in [-0.15, -0.1) is 0 Å². The number of benzene rings is 1. The highest BCUT2D eigenvalue weighted by molar-refractivity contribution is 5.73. The highest BCUT2D eigenvalue weighted by Crippen LogP contribution is 2.36. The zero-order valence-corrected chi connectivity index (χ0v) is 12.2. The zero-order valence-electron chi connectivity index (χ0n) is 12.2. The van der Waals surface area contributed by atoms with Gasteiger partial charge >= 0.3 is 0 Å². The molecule has 0 saturated carbocycles. The molecule has 0 spiro atoms. The SMILES string of the molecule is CC(C)Cc1ccc2c(c1)Cc1nc(C(C)C)[nH]c1-2. The van der Waals surface area contributed by atoms with Gasteiger partial charge in [0.2, 0.25) is 0 Å². The Balaban J connectivity index is 1.95. The molecule has 100 valence electrons. The van der Waals surface area contributed by atoms with E-state index in [1.807, 2.05) is 0 Å². The zero-order chi connectivity index (χ0) is 13.6. The third-order valence-corrected chi connectivity index (χ3v) is 3.78. The molecular weight excluding hydrogens is 232 g/mol. The van der Waals surface area contributed by atoms with E-state index in [2.05, 4.69) is 50.9 Å². The molecule has 3 rings (SSSR count). The van der Waals surface area contributed by atoms with Gasteiger partial charge < -0.3 is 4.98 Å². The van der Waals surface area contributed by atoms with Crippen LogP contribution in [0.15, 0.2) is 18.2 Å². The maximum Gasteiger partial charge on any atom is 0.109 e. The fraction of sp³-hybridized carbons (Fsp3) is 0.471. The minimum Gasteiger partial charge on any atom is -0.342 e. The van der Waals surface area contributed by atoms with Gasteiger partial charge in [0.05, 0.1) is 11.4 Å². The molecule has 0 amide bonds. The van der Waals surface area contributed by atoms with Gasteiger partial charge in [0.1, 0.15) is 5.82 Å². The first kappa shape index (κ1) is 12.5. The molecule has 0 saturated heterocycles. The van der Waals surface area contributed by atoms with Crippen molar-refractivity contribution in [3.05, 3.63) is 40.8 Å². The van der Waals surface area contributed by atoms with Gasteiger partial charge in [0.25, 0.3) is 0 Å². The molecule has 0 radical (unpaired) electrons. The van der Waals surface area contributed by atoms with Crippen LogP contribution in [0, 0.1) is 5.92 Å². The molecule has 1 aromatic heterocycles. The van der Waals surface area contributed by atoms with Crippen LogP contribution in [0.25, 0.3) is 11.3 Å². The number of nitrogens with zero attached hydrogens (tertiary/aromatic N) is 1. The van der Waals surface area contributed by atoms with Crippen LogP contribution < -0.4 is 0 Å². The lowest BCUT2D eigenvalue weighted by Gasteiger charge is -2.08. The Morgan fingerprint density at radius 3 is 2.68 bits per heavy atom. The maximum absolute atomic E-state index is 4.74. The van der Waals surface area contributed by atoms with Crippen molar-refractivity contribution in [3.63, 3.8) is 0 Å². The topological polar surface area (TPSA) is 28.7 Å². The van der Waals surface area contributed by atoms with Crippen LogP contribution in [0.1, 0.15) is 56.3 Å². The van der Waals surface area contributed by atoms with E-state index in [9.17, 15) is 0 Å². The van der Waals surface area contributed by atoms with E-state index in [1.165, 1.54) is 28.1 Å². The summed E-state index contributed by atoms with van der Waals surface area (Å²) in [4.78, 5) is 8.24. The van der Waals surface area contributed by atoms with Crippen LogP contribution in [0.5, 0.6) is 0 Å². The summed E-state index contributed by atoms with van der Waals surface area (Å²) in [7, 11) is 0. The number of imidazole rings is 1. The molecule has 0 atom stereocenters. The number of hydrogen-bond acceptors (Lipinski definition) is 1. The third-order valence-electron chi connectivity index (χ3n) is 3.78. The summed E-state index contributed by atoms with van der Waals surface area (Å²) in [6.07, 6.45) is 2.14. The summed E-state index contributed by atoms with van der Waals surface area (Å²) in [5, 5.41) is 0. The highest BCUT2D eigenvalue weighted by Gasteiger charge is 2.23. The lowest BCUT2D eigenvalue weighted by Crippen LogP contribution is -1.96. The van der Waals surface area contributed by atoms with Crippen LogP contribution in [-0.4, -0.2) is 9.97 Å². The van der Waals surface area contributed by atoms with Gasteiger partial charge in [-0.3, -0.25) is 0 Å². The lowest BCUT2D eigenvalue weighted by molar-refractivity contribution is 0.647. The van der Waals surface area contributed by atoms with Gasteiger partial charge in [-0.25, -0.2) is 4.98 Å². The van der Waals surface area contributed by atoms with Crippen molar-refractivity contribution in [1.82, 2.24) is 9.97 Å². The monoisotopic (exact) mass is 254 g/mol. The van der Waals surface area contributed by atoms with Crippen molar-refractivity contribution in [1.29, 1.82) is 0 Å². The Kier molecular flexibility index (Phi) is 2.96. The average molecular weight is 254 g/mol. The minimum atomic E-state index is 0.467. The van der Waals surface area contributed by atoms with Crippen molar-refractivity contribution in [3.8, 4) is 11.3 Å². The molecule has 1 heterocycles. The predicted molar refractivity (Wildman–Crippen MR) is 79.5 cm³/mol. The molecule has 2 aromatic rings. The van der Waals surface area contributed by atoms with Gasteiger partial charge in [-0.1, -0.05) is 45.9 Å². The van der Waals surface area contributed by atoms with Crippen molar-refractivity contribution in [2.75, 3.05) is 0 Å². The van der Waals surface area contributed by atoms with Gasteiger partial charge in [0, 0.05) is 17.9 Å². The Labute approximate surface area is 115 Å². The van der Waals surface area contributed by atoms with Crippen LogP contribution in [0.4, 0.5) is 0 Å². The molecule has 0 fully saturated rings. The van der Waals surface area contributed by atoms with Gasteiger partial charge in [-0.2, -0.15) is 0 Å². The van der Waals surface area contributed by atoms with Crippen molar-refractivity contribution in [2.24, 2.45) is 5.92 Å². The average Bonchev–Trinajstić information content (AvgIpc) is 2.84. The van der Waals surface area contributed by atoms with Crippen molar-refractivity contribution >= 4 is 0 Å². The fourth-order valence-electron chi connectivity index (χ4n) is 2.87. The number of H-pyrrole nitrogens is 1. The van der Waals surface area contributed by atoms with E-state index >= 15 is 0 Å². The first-order chi connectivity index (χ1) is 9.04. The molecular formula is C17H22N2. The third kappa shape index (κ3) is 2.20. The summed E-state index contributed by atoms with van der Waals surface area (Å²) in [5.74, 6) is 2.29. The standard InChI is InChI=1S/C17H22N2/c1-10(2)7-12-5-6-14-13(8-12)9-15-16(14)19-17(18-15)11(3)4/h5-6,8,10-11H,7,9H2,1-4H3,(H,18,19). The molecule has 0 aliphatic heterocycles. The minimum absolute atomic E-state index is 0.467. The summed E-state index contributed by atoms with van der Waals surface area (Å²) < 4.78 is 0. The lowest BCUT2D eigenvalue weighted by atomic mass is 9.99. The summed E-state index contributed by atoms with van der Waals surface area (Å²) in [6, 6.07) is 6.89. The van der Waals surface area contributed by atoms with E-state index in [-0.39, 0.29) is 0 Å².